The van der Waals surface area contributed by atoms with E-state index >= 15 is 0 Å². The van der Waals surface area contributed by atoms with Crippen LogP contribution >= 0.6 is 23.4 Å². The number of anilines is 1. The SMILES string of the molecule is Cc1ccc(CSc2ncc(Cl)c(C(=O)Nc3ccc(C(N)=O)cc3)n2)cc1. The van der Waals surface area contributed by atoms with E-state index in [1.807, 2.05) is 31.2 Å². The summed E-state index contributed by atoms with van der Waals surface area (Å²) in [6.07, 6.45) is 1.41. The number of rotatable bonds is 6. The average molecular weight is 413 g/mol. The molecule has 0 spiro atoms. The van der Waals surface area contributed by atoms with Gasteiger partial charge in [0.2, 0.25) is 5.91 Å². The number of carbonyl (C=O) groups excluding carboxylic acids is 2. The van der Waals surface area contributed by atoms with Crippen molar-refractivity contribution in [3.63, 3.8) is 0 Å². The molecule has 0 atom stereocenters. The minimum absolute atomic E-state index is 0.0852. The molecule has 3 N–H and O–H groups in total. The van der Waals surface area contributed by atoms with Crippen molar-refractivity contribution in [1.82, 2.24) is 9.97 Å². The number of nitrogens with zero attached hydrogens (tertiary/aromatic N) is 2. The largest absolute Gasteiger partial charge is 0.366 e. The standard InChI is InChI=1S/C20H17ClN4O2S/c1-12-2-4-13(5-3-12)11-28-20-23-10-16(21)17(25-20)19(27)24-15-8-6-14(7-9-15)18(22)26/h2-10H,11H2,1H3,(H2,22,26)(H,24,27). The quantitative estimate of drug-likeness (QED) is 0.469. The predicted octanol–water partition coefficient (Wildman–Crippen LogP) is 4.08. The number of thioether (sulfide) groups is 1. The second kappa shape index (κ2) is 8.86. The first-order chi connectivity index (χ1) is 13.4. The number of nitrogens with two attached hydrogens (primary N) is 1. The van der Waals surface area contributed by atoms with Gasteiger partial charge < -0.3 is 11.1 Å². The summed E-state index contributed by atoms with van der Waals surface area (Å²) in [5.74, 6) is -0.319. The fraction of sp³-hybridized carbons (Fsp3) is 0.100. The molecular formula is C20H17ClN4O2S. The zero-order valence-corrected chi connectivity index (χ0v) is 16.6. The Balaban J connectivity index is 1.70. The van der Waals surface area contributed by atoms with Gasteiger partial charge in [-0.2, -0.15) is 0 Å². The van der Waals surface area contributed by atoms with Crippen LogP contribution in [0.5, 0.6) is 0 Å². The molecule has 0 bridgehead atoms. The van der Waals surface area contributed by atoms with Crippen LogP contribution in [0, 0.1) is 6.92 Å². The molecule has 2 aromatic carbocycles. The molecule has 0 aliphatic rings. The van der Waals surface area contributed by atoms with Crippen molar-refractivity contribution < 1.29 is 9.59 Å². The summed E-state index contributed by atoms with van der Waals surface area (Å²) in [5.41, 5.74) is 8.47. The molecule has 142 valence electrons. The van der Waals surface area contributed by atoms with E-state index in [9.17, 15) is 9.59 Å². The molecule has 3 rings (SSSR count). The lowest BCUT2D eigenvalue weighted by atomic mass is 10.2. The third kappa shape index (κ3) is 5.09. The number of aryl methyl sites for hydroxylation is 1. The number of hydrogen-bond donors (Lipinski definition) is 2. The van der Waals surface area contributed by atoms with Gasteiger partial charge in [-0.05, 0) is 36.8 Å². The van der Waals surface area contributed by atoms with Crippen LogP contribution in [0.15, 0.2) is 59.9 Å². The fourth-order valence-corrected chi connectivity index (χ4v) is 3.27. The number of benzene rings is 2. The third-order valence-electron chi connectivity index (χ3n) is 3.85. The van der Waals surface area contributed by atoms with Gasteiger partial charge in [0.05, 0.1) is 11.2 Å². The smallest absolute Gasteiger partial charge is 0.275 e. The van der Waals surface area contributed by atoms with Crippen molar-refractivity contribution in [2.24, 2.45) is 5.73 Å². The number of primary amides is 1. The Hall–Kier alpha value is -2.90. The minimum atomic E-state index is -0.535. The summed E-state index contributed by atoms with van der Waals surface area (Å²) >= 11 is 7.52. The highest BCUT2D eigenvalue weighted by Crippen LogP contribution is 2.23. The van der Waals surface area contributed by atoms with Crippen LogP contribution in [0.3, 0.4) is 0 Å². The molecule has 0 saturated heterocycles. The van der Waals surface area contributed by atoms with Crippen molar-refractivity contribution in [3.8, 4) is 0 Å². The maximum Gasteiger partial charge on any atom is 0.275 e. The Kier molecular flexibility index (Phi) is 6.28. The van der Waals surface area contributed by atoms with Crippen molar-refractivity contribution in [3.05, 3.63) is 82.1 Å². The molecule has 0 radical (unpaired) electrons. The van der Waals surface area contributed by atoms with Gasteiger partial charge in [0.1, 0.15) is 0 Å². The van der Waals surface area contributed by atoms with Crippen molar-refractivity contribution >= 4 is 40.9 Å². The lowest BCUT2D eigenvalue weighted by Crippen LogP contribution is -2.16. The highest BCUT2D eigenvalue weighted by molar-refractivity contribution is 7.98. The number of nitrogens with one attached hydrogen (secondary N) is 1. The molecule has 1 aromatic heterocycles. The summed E-state index contributed by atoms with van der Waals surface area (Å²) in [4.78, 5) is 32.1. The molecule has 8 heteroatoms. The molecule has 0 unspecified atom stereocenters. The van der Waals surface area contributed by atoms with Crippen LogP contribution in [-0.2, 0) is 5.75 Å². The van der Waals surface area contributed by atoms with Crippen LogP contribution in [0.1, 0.15) is 32.0 Å². The molecule has 3 aromatic rings. The van der Waals surface area contributed by atoms with Crippen molar-refractivity contribution in [2.75, 3.05) is 5.32 Å². The van der Waals surface area contributed by atoms with Crippen LogP contribution in [-0.4, -0.2) is 21.8 Å². The van der Waals surface area contributed by atoms with E-state index in [0.29, 0.717) is 22.2 Å². The number of halogens is 1. The number of hydrogen-bond acceptors (Lipinski definition) is 5. The third-order valence-corrected chi connectivity index (χ3v) is 5.06. The van der Waals surface area contributed by atoms with Crippen molar-refractivity contribution in [2.45, 2.75) is 17.8 Å². The summed E-state index contributed by atoms with van der Waals surface area (Å²) in [5, 5.41) is 3.31. The first-order valence-corrected chi connectivity index (χ1v) is 9.71. The Labute approximate surface area is 171 Å². The van der Waals surface area contributed by atoms with Gasteiger partial charge in [-0.1, -0.05) is 53.2 Å². The van der Waals surface area contributed by atoms with E-state index in [-0.39, 0.29) is 10.7 Å². The van der Waals surface area contributed by atoms with Gasteiger partial charge >= 0.3 is 0 Å². The van der Waals surface area contributed by atoms with E-state index in [2.05, 4.69) is 15.3 Å². The molecule has 0 saturated carbocycles. The van der Waals surface area contributed by atoms with E-state index in [0.717, 1.165) is 5.56 Å². The monoisotopic (exact) mass is 412 g/mol. The normalized spacial score (nSPS) is 10.5. The van der Waals surface area contributed by atoms with Crippen LogP contribution in [0.2, 0.25) is 5.02 Å². The zero-order chi connectivity index (χ0) is 20.1. The van der Waals surface area contributed by atoms with E-state index in [1.54, 1.807) is 12.1 Å². The van der Waals surface area contributed by atoms with Gasteiger partial charge in [-0.15, -0.1) is 0 Å². The van der Waals surface area contributed by atoms with Gasteiger partial charge in [0.25, 0.3) is 5.91 Å². The summed E-state index contributed by atoms with van der Waals surface area (Å²) in [6.45, 7) is 2.03. The first-order valence-electron chi connectivity index (χ1n) is 8.34. The molecule has 1 heterocycles. The Bertz CT molecular complexity index is 1010. The second-order valence-electron chi connectivity index (χ2n) is 6.02. The lowest BCUT2D eigenvalue weighted by molar-refractivity contribution is 0.0997. The van der Waals surface area contributed by atoms with Crippen LogP contribution in [0.25, 0.3) is 0 Å². The predicted molar refractivity (Wildman–Crippen MR) is 111 cm³/mol. The number of amides is 2. The van der Waals surface area contributed by atoms with E-state index in [4.69, 9.17) is 17.3 Å². The van der Waals surface area contributed by atoms with E-state index in [1.165, 1.54) is 35.7 Å². The van der Waals surface area contributed by atoms with Gasteiger partial charge in [-0.25, -0.2) is 9.97 Å². The Morgan fingerprint density at radius 1 is 1.11 bits per heavy atom. The lowest BCUT2D eigenvalue weighted by Gasteiger charge is -2.08. The topological polar surface area (TPSA) is 98.0 Å². The Morgan fingerprint density at radius 2 is 1.79 bits per heavy atom. The zero-order valence-electron chi connectivity index (χ0n) is 15.0. The molecule has 2 amide bonds. The highest BCUT2D eigenvalue weighted by Gasteiger charge is 2.15. The van der Waals surface area contributed by atoms with Gasteiger partial charge in [0.15, 0.2) is 10.9 Å². The highest BCUT2D eigenvalue weighted by atomic mass is 35.5. The summed E-state index contributed by atoms with van der Waals surface area (Å²) in [6, 6.07) is 14.4. The number of carbonyl (C=O) groups is 2. The maximum absolute atomic E-state index is 12.5. The molecule has 0 aliphatic carbocycles. The van der Waals surface area contributed by atoms with Gasteiger partial charge in [0, 0.05) is 17.0 Å². The number of aromatic nitrogens is 2. The van der Waals surface area contributed by atoms with Gasteiger partial charge in [-0.3, -0.25) is 9.59 Å². The average Bonchev–Trinajstić information content (AvgIpc) is 2.69. The van der Waals surface area contributed by atoms with E-state index < -0.39 is 11.8 Å². The molecule has 28 heavy (non-hydrogen) atoms. The fourth-order valence-electron chi connectivity index (χ4n) is 2.32. The second-order valence-corrected chi connectivity index (χ2v) is 7.37. The summed E-state index contributed by atoms with van der Waals surface area (Å²) < 4.78 is 0. The molecular weight excluding hydrogens is 396 g/mol. The van der Waals surface area contributed by atoms with Crippen LogP contribution in [0.4, 0.5) is 5.69 Å². The Morgan fingerprint density at radius 3 is 2.43 bits per heavy atom. The van der Waals surface area contributed by atoms with Crippen LogP contribution < -0.4 is 11.1 Å². The molecule has 6 nitrogen and oxygen atoms in total. The maximum atomic E-state index is 12.5. The first kappa shape index (κ1) is 19.9. The molecule has 0 fully saturated rings. The summed E-state index contributed by atoms with van der Waals surface area (Å²) in [7, 11) is 0. The molecule has 0 aliphatic heterocycles. The van der Waals surface area contributed by atoms with Crippen molar-refractivity contribution in [1.29, 1.82) is 0 Å². The minimum Gasteiger partial charge on any atom is -0.366 e.